The Morgan fingerprint density at radius 2 is 2.17 bits per heavy atom. The molecule has 0 N–H and O–H groups in total. The Balaban J connectivity index is 1.31. The summed E-state index contributed by atoms with van der Waals surface area (Å²) in [5.41, 5.74) is 1.37. The highest BCUT2D eigenvalue weighted by Gasteiger charge is 2.27. The van der Waals surface area contributed by atoms with Crippen molar-refractivity contribution in [2.45, 2.75) is 44.8 Å². The van der Waals surface area contributed by atoms with Crippen LogP contribution in [0.2, 0.25) is 0 Å². The zero-order chi connectivity index (χ0) is 15.6. The van der Waals surface area contributed by atoms with Gasteiger partial charge >= 0.3 is 0 Å². The maximum atomic E-state index is 4.84. The third kappa shape index (κ3) is 3.44. The van der Waals surface area contributed by atoms with Crippen LogP contribution >= 0.6 is 11.3 Å². The van der Waals surface area contributed by atoms with Crippen LogP contribution in [0.3, 0.4) is 0 Å². The number of rotatable bonds is 5. The molecule has 0 unspecified atom stereocenters. The highest BCUT2D eigenvalue weighted by Crippen LogP contribution is 2.29. The molecule has 1 fully saturated rings. The number of nitrogens with zero attached hydrogens (tertiary/aromatic N) is 5. The Morgan fingerprint density at radius 3 is 3.00 bits per heavy atom. The van der Waals surface area contributed by atoms with Crippen molar-refractivity contribution < 1.29 is 0 Å². The third-order valence-corrected chi connectivity index (χ3v) is 6.02. The molecular formula is C17H23N5S. The first-order chi connectivity index (χ1) is 11.3. The molecule has 1 aliphatic carbocycles. The maximum Gasteiger partial charge on any atom is 0.142 e. The van der Waals surface area contributed by atoms with Crippen molar-refractivity contribution in [3.63, 3.8) is 0 Å². The molecule has 0 amide bonds. The van der Waals surface area contributed by atoms with E-state index in [0.29, 0.717) is 6.04 Å². The van der Waals surface area contributed by atoms with Crippen molar-refractivity contribution in [1.82, 2.24) is 24.8 Å². The highest BCUT2D eigenvalue weighted by molar-refractivity contribution is 7.11. The van der Waals surface area contributed by atoms with Gasteiger partial charge in [-0.25, -0.2) is 15.0 Å². The van der Waals surface area contributed by atoms with E-state index in [1.807, 2.05) is 29.8 Å². The number of likely N-dealkylation sites (tertiary alicyclic amines) is 1. The molecule has 2 aromatic rings. The van der Waals surface area contributed by atoms with Gasteiger partial charge in [-0.2, -0.15) is 0 Å². The molecule has 0 radical (unpaired) electrons. The van der Waals surface area contributed by atoms with Crippen molar-refractivity contribution in [2.24, 2.45) is 0 Å². The van der Waals surface area contributed by atoms with E-state index in [0.717, 1.165) is 32.0 Å². The van der Waals surface area contributed by atoms with E-state index in [1.54, 1.807) is 0 Å². The van der Waals surface area contributed by atoms with Crippen LogP contribution in [0.4, 0.5) is 0 Å². The molecule has 122 valence electrons. The van der Waals surface area contributed by atoms with E-state index in [4.69, 9.17) is 4.98 Å². The number of thiazole rings is 1. The SMILES string of the molecule is CN(Cc1ncccn1)[C@@H]1CCN(Cc2nc3c(s2)CCC3)C1. The van der Waals surface area contributed by atoms with Crippen LogP contribution in [0.5, 0.6) is 0 Å². The molecule has 3 heterocycles. The lowest BCUT2D eigenvalue weighted by Crippen LogP contribution is -2.34. The molecule has 6 heteroatoms. The minimum atomic E-state index is 0.589. The van der Waals surface area contributed by atoms with E-state index in [2.05, 4.69) is 26.8 Å². The second-order valence-corrected chi connectivity index (χ2v) is 7.76. The zero-order valence-electron chi connectivity index (χ0n) is 13.6. The van der Waals surface area contributed by atoms with Crippen molar-refractivity contribution in [2.75, 3.05) is 20.1 Å². The predicted molar refractivity (Wildman–Crippen MR) is 91.3 cm³/mol. The normalized spacial score (nSPS) is 21.2. The van der Waals surface area contributed by atoms with Crippen LogP contribution in [0, 0.1) is 0 Å². The average molecular weight is 329 g/mol. The van der Waals surface area contributed by atoms with Crippen LogP contribution in [-0.2, 0) is 25.9 Å². The average Bonchev–Trinajstić information content (AvgIpc) is 3.24. The molecule has 2 aromatic heterocycles. The molecule has 2 aliphatic rings. The van der Waals surface area contributed by atoms with Crippen LogP contribution in [0.25, 0.3) is 0 Å². The standard InChI is InChI=1S/C17H23N5S/c1-21(11-16-18-7-3-8-19-16)13-6-9-22(10-13)12-17-20-14-4-2-5-15(14)23-17/h3,7-8,13H,2,4-6,9-12H2,1H3/t13-/m1/s1. The van der Waals surface area contributed by atoms with E-state index >= 15 is 0 Å². The number of fused-ring (bicyclic) bond motifs is 1. The van der Waals surface area contributed by atoms with E-state index in [9.17, 15) is 0 Å². The lowest BCUT2D eigenvalue weighted by atomic mass is 10.2. The van der Waals surface area contributed by atoms with Gasteiger partial charge in [0.1, 0.15) is 10.8 Å². The second-order valence-electron chi connectivity index (χ2n) is 6.59. The molecule has 1 atom stereocenters. The first kappa shape index (κ1) is 15.2. The zero-order valence-corrected chi connectivity index (χ0v) is 14.4. The van der Waals surface area contributed by atoms with Crippen molar-refractivity contribution in [3.05, 3.63) is 39.9 Å². The molecule has 23 heavy (non-hydrogen) atoms. The van der Waals surface area contributed by atoms with Crippen LogP contribution in [0.15, 0.2) is 18.5 Å². The van der Waals surface area contributed by atoms with Gasteiger partial charge in [0.15, 0.2) is 0 Å². The van der Waals surface area contributed by atoms with E-state index in [1.165, 1.54) is 41.3 Å². The lowest BCUT2D eigenvalue weighted by Gasteiger charge is -2.23. The Hall–Kier alpha value is -1.37. The Morgan fingerprint density at radius 1 is 1.30 bits per heavy atom. The Kier molecular flexibility index (Phi) is 4.37. The van der Waals surface area contributed by atoms with Gasteiger partial charge in [0, 0.05) is 36.4 Å². The number of hydrogen-bond acceptors (Lipinski definition) is 6. The summed E-state index contributed by atoms with van der Waals surface area (Å²) in [6.07, 6.45) is 8.59. The van der Waals surface area contributed by atoms with E-state index < -0.39 is 0 Å². The monoisotopic (exact) mass is 329 g/mol. The first-order valence-electron chi connectivity index (χ1n) is 8.44. The fourth-order valence-corrected chi connectivity index (χ4v) is 4.78. The van der Waals surface area contributed by atoms with Gasteiger partial charge in [0.2, 0.25) is 0 Å². The van der Waals surface area contributed by atoms with Crippen LogP contribution in [-0.4, -0.2) is 50.9 Å². The minimum absolute atomic E-state index is 0.589. The van der Waals surface area contributed by atoms with Gasteiger partial charge in [0.25, 0.3) is 0 Å². The summed E-state index contributed by atoms with van der Waals surface area (Å²) in [5.74, 6) is 0.907. The molecule has 0 aromatic carbocycles. The molecule has 1 saturated heterocycles. The van der Waals surface area contributed by atoms with E-state index in [-0.39, 0.29) is 0 Å². The molecule has 0 saturated carbocycles. The first-order valence-corrected chi connectivity index (χ1v) is 9.25. The van der Waals surface area contributed by atoms with Crippen LogP contribution in [0.1, 0.15) is 34.2 Å². The Labute approximate surface area is 141 Å². The summed E-state index contributed by atoms with van der Waals surface area (Å²) in [5, 5.41) is 1.31. The molecule has 0 bridgehead atoms. The van der Waals surface area contributed by atoms with Crippen molar-refractivity contribution in [1.29, 1.82) is 0 Å². The maximum absolute atomic E-state index is 4.84. The Bertz CT molecular complexity index is 635. The fourth-order valence-electron chi connectivity index (χ4n) is 3.58. The van der Waals surface area contributed by atoms with Gasteiger partial charge in [-0.05, 0) is 38.8 Å². The summed E-state index contributed by atoms with van der Waals surface area (Å²) < 4.78 is 0. The topological polar surface area (TPSA) is 45.2 Å². The molecular weight excluding hydrogens is 306 g/mol. The predicted octanol–water partition coefficient (Wildman–Crippen LogP) is 2.13. The molecule has 4 rings (SSSR count). The van der Waals surface area contributed by atoms with Gasteiger partial charge < -0.3 is 0 Å². The molecule has 0 spiro atoms. The quantitative estimate of drug-likeness (QED) is 0.841. The summed E-state index contributed by atoms with van der Waals surface area (Å²) >= 11 is 1.93. The van der Waals surface area contributed by atoms with Crippen LogP contribution < -0.4 is 0 Å². The molecule has 1 aliphatic heterocycles. The lowest BCUT2D eigenvalue weighted by molar-refractivity contribution is 0.218. The third-order valence-electron chi connectivity index (χ3n) is 4.88. The van der Waals surface area contributed by atoms with Crippen molar-refractivity contribution >= 4 is 11.3 Å². The van der Waals surface area contributed by atoms with Gasteiger partial charge in [-0.3, -0.25) is 9.80 Å². The van der Waals surface area contributed by atoms with Gasteiger partial charge in [-0.15, -0.1) is 11.3 Å². The summed E-state index contributed by atoms with van der Waals surface area (Å²) in [4.78, 5) is 20.0. The van der Waals surface area contributed by atoms with Crippen molar-refractivity contribution in [3.8, 4) is 0 Å². The summed E-state index contributed by atoms with van der Waals surface area (Å²) in [6.45, 7) is 4.12. The largest absolute Gasteiger partial charge is 0.295 e. The summed E-state index contributed by atoms with van der Waals surface area (Å²) in [7, 11) is 2.18. The minimum Gasteiger partial charge on any atom is -0.295 e. The number of likely N-dealkylation sites (N-methyl/N-ethyl adjacent to an activating group) is 1. The van der Waals surface area contributed by atoms with Gasteiger partial charge in [-0.1, -0.05) is 0 Å². The molecule has 5 nitrogen and oxygen atoms in total. The number of hydrogen-bond donors (Lipinski definition) is 0. The smallest absolute Gasteiger partial charge is 0.142 e. The van der Waals surface area contributed by atoms with Gasteiger partial charge in [0.05, 0.1) is 18.8 Å². The number of aryl methyl sites for hydroxylation is 2. The second kappa shape index (κ2) is 6.63. The highest BCUT2D eigenvalue weighted by atomic mass is 32.1. The fraction of sp³-hybridized carbons (Fsp3) is 0.588. The summed E-state index contributed by atoms with van der Waals surface area (Å²) in [6, 6.07) is 2.46. The number of aromatic nitrogens is 3.